The Morgan fingerprint density at radius 1 is 1.15 bits per heavy atom. The van der Waals surface area contributed by atoms with Gasteiger partial charge in [-0.3, -0.25) is 4.79 Å². The molecule has 140 valence electrons. The number of rotatable bonds is 5. The molecule has 0 saturated carbocycles. The monoisotopic (exact) mass is 379 g/mol. The predicted molar refractivity (Wildman–Crippen MR) is 87.8 cm³/mol. The molecule has 0 saturated heterocycles. The molecule has 0 bridgehead atoms. The molecule has 3 aromatic rings. The summed E-state index contributed by atoms with van der Waals surface area (Å²) in [7, 11) is 0. The van der Waals surface area contributed by atoms with Crippen LogP contribution in [0.15, 0.2) is 46.9 Å². The fourth-order valence-electron chi connectivity index (χ4n) is 2.37. The Morgan fingerprint density at radius 3 is 2.48 bits per heavy atom. The van der Waals surface area contributed by atoms with Crippen LogP contribution in [0, 0.1) is 12.7 Å². The first-order chi connectivity index (χ1) is 12.8. The zero-order chi connectivity index (χ0) is 19.6. The Kier molecular flexibility index (Phi) is 4.98. The maximum Gasteiger partial charge on any atom is 0.416 e. The third kappa shape index (κ3) is 4.33. The van der Waals surface area contributed by atoms with E-state index in [-0.39, 0.29) is 23.8 Å². The molecule has 3 rings (SSSR count). The van der Waals surface area contributed by atoms with Gasteiger partial charge in [0.15, 0.2) is 0 Å². The Bertz CT molecular complexity index is 962. The first-order valence-corrected chi connectivity index (χ1v) is 7.79. The number of alkyl halides is 3. The van der Waals surface area contributed by atoms with Crippen LogP contribution in [0.4, 0.5) is 17.6 Å². The number of benzene rings is 2. The lowest BCUT2D eigenvalue weighted by molar-refractivity contribution is -0.137. The summed E-state index contributed by atoms with van der Waals surface area (Å²) in [6.45, 7) is 1.57. The molecule has 0 aliphatic rings. The molecule has 0 radical (unpaired) electrons. The van der Waals surface area contributed by atoms with Crippen molar-refractivity contribution >= 4 is 6.29 Å². The largest absolute Gasteiger partial charge is 0.487 e. The van der Waals surface area contributed by atoms with Crippen LogP contribution >= 0.6 is 0 Å². The molecule has 0 aliphatic carbocycles. The van der Waals surface area contributed by atoms with E-state index in [2.05, 4.69) is 4.98 Å². The number of oxazole rings is 1. The zero-order valence-corrected chi connectivity index (χ0v) is 14.0. The normalized spacial score (nSPS) is 11.4. The van der Waals surface area contributed by atoms with Crippen molar-refractivity contribution in [2.24, 2.45) is 0 Å². The van der Waals surface area contributed by atoms with Gasteiger partial charge in [-0.1, -0.05) is 0 Å². The average Bonchev–Trinajstić information content (AvgIpc) is 2.99. The van der Waals surface area contributed by atoms with Gasteiger partial charge in [0.05, 0.1) is 5.56 Å². The summed E-state index contributed by atoms with van der Waals surface area (Å²) in [4.78, 5) is 15.0. The fraction of sp³-hybridized carbons (Fsp3) is 0.158. The number of hydrogen-bond acceptors (Lipinski definition) is 4. The van der Waals surface area contributed by atoms with Crippen LogP contribution in [0.5, 0.6) is 5.75 Å². The number of nitrogens with zero attached hydrogens (tertiary/aromatic N) is 1. The van der Waals surface area contributed by atoms with Crippen LogP contribution in [0.1, 0.15) is 27.4 Å². The molecule has 0 aliphatic heterocycles. The van der Waals surface area contributed by atoms with Gasteiger partial charge in [0.2, 0.25) is 5.89 Å². The zero-order valence-electron chi connectivity index (χ0n) is 14.0. The summed E-state index contributed by atoms with van der Waals surface area (Å²) in [5.41, 5.74) is 0.149. The smallest absolute Gasteiger partial charge is 0.416 e. The number of halogens is 4. The Morgan fingerprint density at radius 2 is 1.85 bits per heavy atom. The van der Waals surface area contributed by atoms with Gasteiger partial charge in [0.1, 0.15) is 35.9 Å². The van der Waals surface area contributed by atoms with E-state index in [1.165, 1.54) is 18.2 Å². The minimum atomic E-state index is -4.42. The lowest BCUT2D eigenvalue weighted by Gasteiger charge is -2.06. The number of ether oxygens (including phenoxy) is 1. The fourth-order valence-corrected chi connectivity index (χ4v) is 2.37. The van der Waals surface area contributed by atoms with E-state index in [1.807, 2.05) is 0 Å². The summed E-state index contributed by atoms with van der Waals surface area (Å²) in [5, 5.41) is 0. The third-order valence-electron chi connectivity index (χ3n) is 3.76. The van der Waals surface area contributed by atoms with Crippen molar-refractivity contribution in [1.82, 2.24) is 4.98 Å². The van der Waals surface area contributed by atoms with Crippen molar-refractivity contribution in [3.05, 3.63) is 70.9 Å². The standard InChI is InChI=1S/C19H13F4NO3/c1-11-17(10-26-16-7-12(9-25)6-15(20)8-16)24-18(27-11)13-2-4-14(5-3-13)19(21,22)23/h2-9H,10H2,1H3. The lowest BCUT2D eigenvalue weighted by atomic mass is 10.1. The second kappa shape index (κ2) is 7.22. The molecule has 0 spiro atoms. The van der Waals surface area contributed by atoms with Crippen LogP contribution in [0.2, 0.25) is 0 Å². The van der Waals surface area contributed by atoms with Crippen molar-refractivity contribution in [3.8, 4) is 17.2 Å². The van der Waals surface area contributed by atoms with Crippen molar-refractivity contribution in [1.29, 1.82) is 0 Å². The van der Waals surface area contributed by atoms with Crippen LogP contribution in [-0.4, -0.2) is 11.3 Å². The van der Waals surface area contributed by atoms with E-state index in [9.17, 15) is 22.4 Å². The van der Waals surface area contributed by atoms with Crippen molar-refractivity contribution in [2.75, 3.05) is 0 Å². The second-order valence-electron chi connectivity index (χ2n) is 5.72. The number of hydrogen-bond donors (Lipinski definition) is 0. The van der Waals surface area contributed by atoms with Crippen molar-refractivity contribution in [2.45, 2.75) is 19.7 Å². The molecule has 0 N–H and O–H groups in total. The number of aromatic nitrogens is 1. The molecular formula is C19H13F4NO3. The molecule has 1 aromatic heterocycles. The maximum absolute atomic E-state index is 13.4. The van der Waals surface area contributed by atoms with Crippen molar-refractivity contribution in [3.63, 3.8) is 0 Å². The minimum absolute atomic E-state index is 0.0578. The summed E-state index contributed by atoms with van der Waals surface area (Å²) < 4.78 is 62.2. The van der Waals surface area contributed by atoms with E-state index in [1.54, 1.807) is 6.92 Å². The van der Waals surface area contributed by atoms with Gasteiger partial charge in [0, 0.05) is 17.2 Å². The van der Waals surface area contributed by atoms with E-state index in [0.717, 1.165) is 24.3 Å². The highest BCUT2D eigenvalue weighted by Crippen LogP contribution is 2.31. The number of aryl methyl sites for hydroxylation is 1. The summed E-state index contributed by atoms with van der Waals surface area (Å²) in [6, 6.07) is 7.99. The summed E-state index contributed by atoms with van der Waals surface area (Å²) in [6.07, 6.45) is -3.92. The topological polar surface area (TPSA) is 52.3 Å². The van der Waals surface area contributed by atoms with Gasteiger partial charge < -0.3 is 9.15 Å². The lowest BCUT2D eigenvalue weighted by Crippen LogP contribution is -2.04. The second-order valence-corrected chi connectivity index (χ2v) is 5.72. The van der Waals surface area contributed by atoms with Gasteiger partial charge in [0.25, 0.3) is 0 Å². The van der Waals surface area contributed by atoms with Crippen LogP contribution < -0.4 is 4.74 Å². The number of aldehydes is 1. The molecule has 0 amide bonds. The van der Waals surface area contributed by atoms with Gasteiger partial charge in [-0.2, -0.15) is 13.2 Å². The molecule has 0 atom stereocenters. The third-order valence-corrected chi connectivity index (χ3v) is 3.76. The van der Waals surface area contributed by atoms with E-state index in [0.29, 0.717) is 23.3 Å². The minimum Gasteiger partial charge on any atom is -0.487 e. The van der Waals surface area contributed by atoms with Crippen LogP contribution in [-0.2, 0) is 12.8 Å². The first kappa shape index (κ1) is 18.6. The maximum atomic E-state index is 13.4. The van der Waals surface area contributed by atoms with Gasteiger partial charge in [-0.25, -0.2) is 9.37 Å². The molecule has 8 heteroatoms. The molecule has 4 nitrogen and oxygen atoms in total. The molecule has 0 fully saturated rings. The highest BCUT2D eigenvalue weighted by atomic mass is 19.4. The highest BCUT2D eigenvalue weighted by molar-refractivity contribution is 5.75. The van der Waals surface area contributed by atoms with E-state index < -0.39 is 17.6 Å². The van der Waals surface area contributed by atoms with E-state index in [4.69, 9.17) is 9.15 Å². The van der Waals surface area contributed by atoms with Crippen LogP contribution in [0.3, 0.4) is 0 Å². The summed E-state index contributed by atoms with van der Waals surface area (Å²) in [5.74, 6) is 0.0945. The predicted octanol–water partition coefficient (Wildman–Crippen LogP) is 5.20. The van der Waals surface area contributed by atoms with Gasteiger partial charge in [-0.15, -0.1) is 0 Å². The van der Waals surface area contributed by atoms with Crippen molar-refractivity contribution < 1.29 is 31.5 Å². The highest BCUT2D eigenvalue weighted by Gasteiger charge is 2.30. The quantitative estimate of drug-likeness (QED) is 0.452. The van der Waals surface area contributed by atoms with Gasteiger partial charge in [-0.05, 0) is 43.3 Å². The first-order valence-electron chi connectivity index (χ1n) is 7.79. The van der Waals surface area contributed by atoms with Crippen LogP contribution in [0.25, 0.3) is 11.5 Å². The SMILES string of the molecule is Cc1oc(-c2ccc(C(F)(F)F)cc2)nc1COc1cc(F)cc(C=O)c1. The average molecular weight is 379 g/mol. The Hall–Kier alpha value is -3.16. The number of carbonyl (C=O) groups is 1. The molecule has 1 heterocycles. The van der Waals surface area contributed by atoms with Gasteiger partial charge >= 0.3 is 6.18 Å². The molecule has 2 aromatic carbocycles. The summed E-state index contributed by atoms with van der Waals surface area (Å²) >= 11 is 0. The molecule has 0 unspecified atom stereocenters. The molecular weight excluding hydrogens is 366 g/mol. The Labute approximate surface area is 151 Å². The Balaban J connectivity index is 1.77. The van der Waals surface area contributed by atoms with E-state index >= 15 is 0 Å². The number of carbonyl (C=O) groups excluding carboxylic acids is 1. The molecule has 27 heavy (non-hydrogen) atoms.